The molecule has 0 aliphatic rings. The van der Waals surface area contributed by atoms with Crippen LogP contribution in [0.5, 0.6) is 0 Å². The second-order valence-electron chi connectivity index (χ2n) is 4.26. The van der Waals surface area contributed by atoms with Gasteiger partial charge in [-0.2, -0.15) is 0 Å². The van der Waals surface area contributed by atoms with Crippen LogP contribution < -0.4 is 0 Å². The fourth-order valence-electron chi connectivity index (χ4n) is 2.01. The summed E-state index contributed by atoms with van der Waals surface area (Å²) < 4.78 is 4.67. The highest BCUT2D eigenvalue weighted by Crippen LogP contribution is 2.28. The van der Waals surface area contributed by atoms with Crippen molar-refractivity contribution in [2.24, 2.45) is 0 Å². The molecule has 0 bridgehead atoms. The minimum Gasteiger partial charge on any atom is -0.466 e. The van der Waals surface area contributed by atoms with E-state index in [9.17, 15) is 4.79 Å². The Labute approximate surface area is 113 Å². The average Bonchev–Trinajstić information content (AvgIpc) is 2.48. The van der Waals surface area contributed by atoms with Crippen LogP contribution in [0.15, 0.2) is 60.7 Å². The number of hydrogen-bond acceptors (Lipinski definition) is 2. The molecule has 0 amide bonds. The van der Waals surface area contributed by atoms with E-state index >= 15 is 0 Å². The summed E-state index contributed by atoms with van der Waals surface area (Å²) in [5.74, 6) is -0.333. The van der Waals surface area contributed by atoms with Crippen molar-refractivity contribution in [3.63, 3.8) is 0 Å². The molecular weight excluding hydrogens is 236 g/mol. The fraction of sp³-hybridized carbons (Fsp3) is 0.118. The monoisotopic (exact) mass is 252 g/mol. The molecule has 0 saturated heterocycles. The maximum absolute atomic E-state index is 11.3. The van der Waals surface area contributed by atoms with Gasteiger partial charge in [0.2, 0.25) is 0 Å². The molecular formula is C17H16O2. The molecule has 2 nitrogen and oxygen atoms in total. The lowest BCUT2D eigenvalue weighted by Gasteiger charge is -2.10. The molecule has 0 N–H and O–H groups in total. The molecule has 2 heteroatoms. The summed E-state index contributed by atoms with van der Waals surface area (Å²) in [7, 11) is 1.38. The van der Waals surface area contributed by atoms with Crippen LogP contribution in [0.2, 0.25) is 0 Å². The van der Waals surface area contributed by atoms with Crippen molar-refractivity contribution in [3.05, 3.63) is 66.2 Å². The minimum absolute atomic E-state index is 0.333. The Balaban J connectivity index is 2.48. The zero-order valence-corrected chi connectivity index (χ0v) is 11.1. The van der Waals surface area contributed by atoms with Gasteiger partial charge in [-0.3, -0.25) is 0 Å². The number of rotatable bonds is 3. The Bertz CT molecular complexity index is 598. The van der Waals surface area contributed by atoms with E-state index in [1.54, 1.807) is 0 Å². The number of hydrogen-bond donors (Lipinski definition) is 0. The molecule has 0 unspecified atom stereocenters. The molecule has 2 aromatic carbocycles. The Morgan fingerprint density at radius 2 is 1.63 bits per heavy atom. The third-order valence-corrected chi connectivity index (χ3v) is 2.97. The van der Waals surface area contributed by atoms with E-state index in [0.29, 0.717) is 0 Å². The van der Waals surface area contributed by atoms with Crippen LogP contribution in [0, 0.1) is 0 Å². The van der Waals surface area contributed by atoms with Gasteiger partial charge in [-0.05, 0) is 29.2 Å². The van der Waals surface area contributed by atoms with E-state index in [1.807, 2.05) is 43.3 Å². The van der Waals surface area contributed by atoms with Gasteiger partial charge in [-0.1, -0.05) is 54.6 Å². The van der Waals surface area contributed by atoms with Crippen LogP contribution in [0.3, 0.4) is 0 Å². The van der Waals surface area contributed by atoms with Crippen LogP contribution >= 0.6 is 0 Å². The summed E-state index contributed by atoms with van der Waals surface area (Å²) in [4.78, 5) is 11.3. The lowest BCUT2D eigenvalue weighted by atomic mass is 9.95. The molecule has 0 radical (unpaired) electrons. The zero-order valence-electron chi connectivity index (χ0n) is 11.1. The molecule has 0 heterocycles. The third kappa shape index (κ3) is 3.10. The highest BCUT2D eigenvalue weighted by atomic mass is 16.5. The molecule has 0 aliphatic heterocycles. The number of allylic oxidation sites excluding steroid dienone is 1. The van der Waals surface area contributed by atoms with E-state index in [-0.39, 0.29) is 5.97 Å². The summed E-state index contributed by atoms with van der Waals surface area (Å²) >= 11 is 0. The van der Waals surface area contributed by atoms with Crippen LogP contribution in [0.1, 0.15) is 12.5 Å². The van der Waals surface area contributed by atoms with Crippen LogP contribution in [-0.4, -0.2) is 13.1 Å². The molecule has 0 aliphatic carbocycles. The van der Waals surface area contributed by atoms with Gasteiger partial charge in [0.15, 0.2) is 0 Å². The number of ether oxygens (including phenoxy) is 1. The largest absolute Gasteiger partial charge is 0.466 e. The van der Waals surface area contributed by atoms with Gasteiger partial charge in [0, 0.05) is 6.08 Å². The van der Waals surface area contributed by atoms with Crippen molar-refractivity contribution >= 4 is 11.5 Å². The third-order valence-electron chi connectivity index (χ3n) is 2.97. The summed E-state index contributed by atoms with van der Waals surface area (Å²) in [6, 6.07) is 18.2. The molecule has 0 saturated carbocycles. The predicted molar refractivity (Wildman–Crippen MR) is 77.5 cm³/mol. The van der Waals surface area contributed by atoms with Crippen LogP contribution in [-0.2, 0) is 9.53 Å². The van der Waals surface area contributed by atoms with Crippen molar-refractivity contribution in [3.8, 4) is 11.1 Å². The number of carbonyl (C=O) groups excluding carboxylic acids is 1. The van der Waals surface area contributed by atoms with E-state index in [1.165, 1.54) is 13.2 Å². The number of benzene rings is 2. The van der Waals surface area contributed by atoms with Crippen molar-refractivity contribution in [1.29, 1.82) is 0 Å². The first kappa shape index (κ1) is 13.1. The van der Waals surface area contributed by atoms with E-state index in [4.69, 9.17) is 0 Å². The van der Waals surface area contributed by atoms with Gasteiger partial charge in [-0.25, -0.2) is 4.79 Å². The second-order valence-corrected chi connectivity index (χ2v) is 4.26. The quantitative estimate of drug-likeness (QED) is 0.611. The lowest BCUT2D eigenvalue weighted by molar-refractivity contribution is -0.134. The molecule has 2 rings (SSSR count). The minimum atomic E-state index is -0.333. The summed E-state index contributed by atoms with van der Waals surface area (Å²) in [6.07, 6.45) is 1.52. The molecule has 96 valence electrons. The molecule has 0 spiro atoms. The van der Waals surface area contributed by atoms with Gasteiger partial charge in [-0.15, -0.1) is 0 Å². The highest BCUT2D eigenvalue weighted by Gasteiger charge is 2.07. The number of esters is 1. The smallest absolute Gasteiger partial charge is 0.330 e. The maximum atomic E-state index is 11.3. The first-order valence-electron chi connectivity index (χ1n) is 6.13. The summed E-state index contributed by atoms with van der Waals surface area (Å²) in [5, 5.41) is 0. The van der Waals surface area contributed by atoms with Crippen LogP contribution in [0.25, 0.3) is 16.7 Å². The van der Waals surface area contributed by atoms with E-state index in [2.05, 4.69) is 22.9 Å². The van der Waals surface area contributed by atoms with Crippen molar-refractivity contribution in [1.82, 2.24) is 0 Å². The molecule has 19 heavy (non-hydrogen) atoms. The molecule has 0 atom stereocenters. The Hall–Kier alpha value is -2.35. The van der Waals surface area contributed by atoms with Gasteiger partial charge in [0.1, 0.15) is 0 Å². The number of methoxy groups -OCH3 is 1. The molecule has 0 fully saturated rings. The van der Waals surface area contributed by atoms with Crippen molar-refractivity contribution < 1.29 is 9.53 Å². The predicted octanol–water partition coefficient (Wildman–Crippen LogP) is 3.93. The van der Waals surface area contributed by atoms with E-state index in [0.717, 1.165) is 22.3 Å². The lowest BCUT2D eigenvalue weighted by Crippen LogP contribution is -1.96. The molecule has 0 aromatic heterocycles. The van der Waals surface area contributed by atoms with Crippen molar-refractivity contribution in [2.75, 3.05) is 7.11 Å². The first-order chi connectivity index (χ1) is 9.22. The van der Waals surface area contributed by atoms with Gasteiger partial charge >= 0.3 is 5.97 Å². The number of carbonyl (C=O) groups is 1. The van der Waals surface area contributed by atoms with Crippen LogP contribution in [0.4, 0.5) is 0 Å². The fourth-order valence-corrected chi connectivity index (χ4v) is 2.01. The molecule has 2 aromatic rings. The highest BCUT2D eigenvalue weighted by molar-refractivity contribution is 5.93. The first-order valence-corrected chi connectivity index (χ1v) is 6.13. The maximum Gasteiger partial charge on any atom is 0.330 e. The Morgan fingerprint density at radius 3 is 2.32 bits per heavy atom. The SMILES string of the molecule is COC(=O)/C=C(\C)c1ccccc1-c1ccccc1. The Kier molecular flexibility index (Phi) is 4.14. The standard InChI is InChI=1S/C17H16O2/c1-13(12-17(18)19-2)15-10-6-7-11-16(15)14-8-4-3-5-9-14/h3-12H,1-2H3/b13-12+. The summed E-state index contributed by atoms with van der Waals surface area (Å²) in [5.41, 5.74) is 4.18. The van der Waals surface area contributed by atoms with Gasteiger partial charge < -0.3 is 4.74 Å². The van der Waals surface area contributed by atoms with E-state index < -0.39 is 0 Å². The second kappa shape index (κ2) is 6.01. The van der Waals surface area contributed by atoms with Gasteiger partial charge in [0.25, 0.3) is 0 Å². The topological polar surface area (TPSA) is 26.3 Å². The normalized spacial score (nSPS) is 11.2. The Morgan fingerprint density at radius 1 is 1.00 bits per heavy atom. The van der Waals surface area contributed by atoms with Crippen molar-refractivity contribution in [2.45, 2.75) is 6.92 Å². The van der Waals surface area contributed by atoms with Gasteiger partial charge in [0.05, 0.1) is 7.11 Å². The summed E-state index contributed by atoms with van der Waals surface area (Å²) in [6.45, 7) is 1.92. The average molecular weight is 252 g/mol. The zero-order chi connectivity index (χ0) is 13.7.